The van der Waals surface area contributed by atoms with Crippen molar-refractivity contribution in [3.05, 3.63) is 39.8 Å². The first-order valence-corrected chi connectivity index (χ1v) is 6.96. The number of halogens is 2. The van der Waals surface area contributed by atoms with Crippen LogP contribution < -0.4 is 0 Å². The topological polar surface area (TPSA) is 82.9 Å². The fourth-order valence-corrected chi connectivity index (χ4v) is 2.24. The van der Waals surface area contributed by atoms with Crippen LogP contribution in [0, 0.1) is 17.6 Å². The van der Waals surface area contributed by atoms with Crippen molar-refractivity contribution in [3.8, 4) is 0 Å². The molecule has 5 nitrogen and oxygen atoms in total. The highest BCUT2D eigenvalue weighted by molar-refractivity contribution is 8.13. The second-order valence-electron chi connectivity index (χ2n) is 4.66. The average molecular weight is 313 g/mol. The van der Waals surface area contributed by atoms with Gasteiger partial charge in [0, 0.05) is 17.4 Å². The molecule has 1 amide bonds. The van der Waals surface area contributed by atoms with Crippen LogP contribution in [0.5, 0.6) is 0 Å². The minimum absolute atomic E-state index is 0.165. The Kier molecular flexibility index (Phi) is 6.33. The molecule has 0 heterocycles. The maximum Gasteiger partial charge on any atom is 0.252 e. The van der Waals surface area contributed by atoms with Crippen molar-refractivity contribution in [2.75, 3.05) is 0 Å². The number of amides is 1. The van der Waals surface area contributed by atoms with Crippen molar-refractivity contribution >= 4 is 22.8 Å². The summed E-state index contributed by atoms with van der Waals surface area (Å²) in [6.07, 6.45) is 0.901. The van der Waals surface area contributed by atoms with Crippen LogP contribution in [0.3, 0.4) is 0 Å². The fraction of sp³-hybridized carbons (Fsp3) is 0.385. The number of hydrogen-bond acceptors (Lipinski definition) is 3. The number of carbonyl (C=O) groups excluding carboxylic acids is 2. The molecule has 0 spiro atoms. The molecule has 0 N–H and O–H groups in total. The highest BCUT2D eigenvalue weighted by Gasteiger charge is 2.17. The highest BCUT2D eigenvalue weighted by Crippen LogP contribution is 2.27. The van der Waals surface area contributed by atoms with Crippen LogP contribution in [0.4, 0.5) is 8.78 Å². The number of thioether (sulfide) groups is 1. The van der Waals surface area contributed by atoms with E-state index in [4.69, 9.17) is 5.53 Å². The van der Waals surface area contributed by atoms with Gasteiger partial charge < -0.3 is 0 Å². The Morgan fingerprint density at radius 2 is 2.00 bits per heavy atom. The summed E-state index contributed by atoms with van der Waals surface area (Å²) in [7, 11) is 0. The zero-order valence-electron chi connectivity index (χ0n) is 11.5. The fourth-order valence-electron chi connectivity index (χ4n) is 1.45. The van der Waals surface area contributed by atoms with Gasteiger partial charge in [0.2, 0.25) is 0 Å². The van der Waals surface area contributed by atoms with E-state index >= 15 is 0 Å². The highest BCUT2D eigenvalue weighted by atomic mass is 32.2. The summed E-state index contributed by atoms with van der Waals surface area (Å²) in [5.41, 5.74) is 7.60. The number of nitrogens with zero attached hydrogens (tertiary/aromatic N) is 3. The summed E-state index contributed by atoms with van der Waals surface area (Å²) < 4.78 is 27.1. The number of carbonyl (C=O) groups is 2. The van der Waals surface area contributed by atoms with Gasteiger partial charge in [-0.2, -0.15) is 0 Å². The minimum Gasteiger partial charge on any atom is -0.287 e. The molecule has 8 heteroatoms. The summed E-state index contributed by atoms with van der Waals surface area (Å²) in [4.78, 5) is 25.1. The van der Waals surface area contributed by atoms with E-state index in [1.54, 1.807) is 0 Å². The Labute approximate surface area is 124 Å². The van der Waals surface area contributed by atoms with E-state index in [0.29, 0.717) is 30.2 Å². The van der Waals surface area contributed by atoms with Crippen LogP contribution in [0.1, 0.15) is 37.0 Å². The van der Waals surface area contributed by atoms with Gasteiger partial charge in [0.05, 0.1) is 10.5 Å². The van der Waals surface area contributed by atoms with Gasteiger partial charge in [-0.3, -0.25) is 9.59 Å². The summed E-state index contributed by atoms with van der Waals surface area (Å²) in [6.45, 7) is 3.90. The molecule has 0 aliphatic rings. The Hall–Kier alpha value is -1.92. The number of hydrogen-bond donors (Lipinski definition) is 0. The van der Waals surface area contributed by atoms with Crippen molar-refractivity contribution in [2.45, 2.75) is 31.6 Å². The third-order valence-electron chi connectivity index (χ3n) is 2.54. The Morgan fingerprint density at radius 1 is 1.33 bits per heavy atom. The normalized spacial score (nSPS) is 10.3. The van der Waals surface area contributed by atoms with Crippen molar-refractivity contribution in [1.29, 1.82) is 0 Å². The molecule has 1 aromatic rings. The molecule has 0 aromatic heterocycles. The van der Waals surface area contributed by atoms with Gasteiger partial charge in [-0.1, -0.05) is 13.8 Å². The quantitative estimate of drug-likeness (QED) is 0.348. The maximum absolute atomic E-state index is 13.6. The zero-order valence-corrected chi connectivity index (χ0v) is 12.3. The summed E-state index contributed by atoms with van der Waals surface area (Å²) in [5.74, 6) is -2.90. The van der Waals surface area contributed by atoms with Crippen LogP contribution in [0.25, 0.3) is 10.4 Å². The van der Waals surface area contributed by atoms with Crippen LogP contribution in [-0.2, 0) is 4.79 Å². The summed E-state index contributed by atoms with van der Waals surface area (Å²) in [5, 5.41) is 2.47. The summed E-state index contributed by atoms with van der Waals surface area (Å²) >= 11 is 0.603. The van der Waals surface area contributed by atoms with Crippen molar-refractivity contribution in [3.63, 3.8) is 0 Å². The van der Waals surface area contributed by atoms with Crippen molar-refractivity contribution in [2.24, 2.45) is 11.0 Å². The van der Waals surface area contributed by atoms with Crippen molar-refractivity contribution < 1.29 is 18.4 Å². The van der Waals surface area contributed by atoms with Gasteiger partial charge in [-0.05, 0) is 40.8 Å². The molecule has 0 aliphatic heterocycles. The zero-order chi connectivity index (χ0) is 16.0. The lowest BCUT2D eigenvalue weighted by Gasteiger charge is -2.06. The van der Waals surface area contributed by atoms with Crippen LogP contribution in [0.15, 0.2) is 22.1 Å². The first-order valence-electron chi connectivity index (χ1n) is 6.14. The van der Waals surface area contributed by atoms with Crippen LogP contribution >= 0.6 is 11.8 Å². The molecule has 0 aliphatic carbocycles. The van der Waals surface area contributed by atoms with E-state index in [9.17, 15) is 18.4 Å². The van der Waals surface area contributed by atoms with Gasteiger partial charge in [0.1, 0.15) is 11.6 Å². The van der Waals surface area contributed by atoms with Gasteiger partial charge in [-0.25, -0.2) is 8.78 Å². The minimum atomic E-state index is -1.16. The molecule has 0 saturated heterocycles. The molecule has 21 heavy (non-hydrogen) atoms. The lowest BCUT2D eigenvalue weighted by Crippen LogP contribution is -2.02. The SMILES string of the molecule is CC(C)CCC(=O)Sc1cc(C(=O)N=[N+]=[N-])c(F)cc1F. The molecular weight excluding hydrogens is 300 g/mol. The van der Waals surface area contributed by atoms with E-state index in [1.165, 1.54) is 0 Å². The first kappa shape index (κ1) is 17.1. The second-order valence-corrected chi connectivity index (χ2v) is 5.76. The Morgan fingerprint density at radius 3 is 2.57 bits per heavy atom. The first-order chi connectivity index (χ1) is 9.85. The average Bonchev–Trinajstić information content (AvgIpc) is 2.39. The number of azide groups is 1. The smallest absolute Gasteiger partial charge is 0.252 e. The molecule has 0 radical (unpaired) electrons. The molecule has 1 rings (SSSR count). The molecule has 0 fully saturated rings. The van der Waals surface area contributed by atoms with Gasteiger partial charge in [0.15, 0.2) is 5.12 Å². The standard InChI is InChI=1S/C13H13F2N3O2S/c1-7(2)3-4-12(19)21-11-5-8(13(20)17-18-16)9(14)6-10(11)15/h5-7H,3-4H2,1-2H3. The van der Waals surface area contributed by atoms with Crippen molar-refractivity contribution in [1.82, 2.24) is 0 Å². The third kappa shape index (κ3) is 5.17. The molecule has 1 aromatic carbocycles. The number of rotatable bonds is 5. The molecule has 0 saturated carbocycles. The largest absolute Gasteiger partial charge is 0.287 e. The molecular formula is C13H13F2N3O2S. The van der Waals surface area contributed by atoms with E-state index in [0.717, 1.165) is 6.07 Å². The Bertz CT molecular complexity index is 614. The third-order valence-corrected chi connectivity index (χ3v) is 3.50. The van der Waals surface area contributed by atoms with E-state index in [2.05, 4.69) is 10.0 Å². The summed E-state index contributed by atoms with van der Waals surface area (Å²) in [6, 6.07) is 1.39. The van der Waals surface area contributed by atoms with E-state index in [-0.39, 0.29) is 16.4 Å². The predicted molar refractivity (Wildman–Crippen MR) is 74.8 cm³/mol. The second kappa shape index (κ2) is 7.75. The maximum atomic E-state index is 13.6. The molecule has 112 valence electrons. The predicted octanol–water partition coefficient (Wildman–Crippen LogP) is 4.47. The van der Waals surface area contributed by atoms with Gasteiger partial charge in [-0.15, -0.1) is 0 Å². The van der Waals surface area contributed by atoms with E-state index in [1.807, 2.05) is 13.8 Å². The lowest BCUT2D eigenvalue weighted by atomic mass is 10.1. The molecule has 0 bridgehead atoms. The number of benzene rings is 1. The van der Waals surface area contributed by atoms with Crippen LogP contribution in [-0.4, -0.2) is 11.0 Å². The van der Waals surface area contributed by atoms with E-state index < -0.39 is 23.1 Å². The molecule has 0 unspecified atom stereocenters. The monoisotopic (exact) mass is 313 g/mol. The molecule has 0 atom stereocenters. The van der Waals surface area contributed by atoms with Crippen LogP contribution in [0.2, 0.25) is 0 Å². The lowest BCUT2D eigenvalue weighted by molar-refractivity contribution is -0.111. The van der Waals surface area contributed by atoms with Gasteiger partial charge >= 0.3 is 0 Å². The Balaban J connectivity index is 2.97. The van der Waals surface area contributed by atoms with Gasteiger partial charge in [0.25, 0.3) is 5.91 Å².